The molecular weight excluding hydrogens is 272 g/mol. The molecule has 2 N–H and O–H groups in total. The Morgan fingerprint density at radius 3 is 1.82 bits per heavy atom. The molecule has 0 aliphatic rings. The lowest BCUT2D eigenvalue weighted by Crippen LogP contribution is -2.20. The third-order valence-corrected chi connectivity index (χ3v) is 3.42. The van der Waals surface area contributed by atoms with Crippen LogP contribution >= 0.6 is 0 Å². The van der Waals surface area contributed by atoms with Gasteiger partial charge in [0.15, 0.2) is 0 Å². The van der Waals surface area contributed by atoms with E-state index in [1.807, 2.05) is 50.3 Å². The summed E-state index contributed by atoms with van der Waals surface area (Å²) in [5, 5.41) is 20.0. The fraction of sp³-hybridized carbons (Fsp3) is 0.400. The molecule has 2 atom stereocenters. The van der Waals surface area contributed by atoms with Crippen molar-refractivity contribution in [3.05, 3.63) is 41.5 Å². The van der Waals surface area contributed by atoms with E-state index in [0.717, 1.165) is 5.56 Å². The van der Waals surface area contributed by atoms with Gasteiger partial charge in [-0.3, -0.25) is 0 Å². The standard InChI is InChI=1S/C20H24O2/c1-5-19(3,21)14-12-18(13-15-20(4,22)6-2)16-17-10-8-7-9-11-17/h7-11,16,21-22H,5-6H2,1-4H3. The highest BCUT2D eigenvalue weighted by molar-refractivity contribution is 5.65. The minimum Gasteiger partial charge on any atom is -0.378 e. The quantitative estimate of drug-likeness (QED) is 0.839. The summed E-state index contributed by atoms with van der Waals surface area (Å²) < 4.78 is 0. The predicted octanol–water partition coefficient (Wildman–Crippen LogP) is 3.40. The van der Waals surface area contributed by atoms with E-state index in [-0.39, 0.29) is 0 Å². The molecule has 1 aromatic rings. The second-order valence-electron chi connectivity index (χ2n) is 5.72. The minimum absolute atomic E-state index is 0.540. The first-order valence-electron chi connectivity index (χ1n) is 7.56. The molecule has 0 amide bonds. The molecule has 0 fully saturated rings. The lowest BCUT2D eigenvalue weighted by molar-refractivity contribution is 0.118. The highest BCUT2D eigenvalue weighted by Gasteiger charge is 2.13. The van der Waals surface area contributed by atoms with Crippen LogP contribution in [0.4, 0.5) is 0 Å². The number of benzene rings is 1. The highest BCUT2D eigenvalue weighted by Crippen LogP contribution is 2.11. The molecule has 116 valence electrons. The van der Waals surface area contributed by atoms with Gasteiger partial charge >= 0.3 is 0 Å². The van der Waals surface area contributed by atoms with Crippen LogP contribution in [0.25, 0.3) is 6.08 Å². The van der Waals surface area contributed by atoms with Crippen LogP contribution in [-0.4, -0.2) is 21.4 Å². The average Bonchev–Trinajstić information content (AvgIpc) is 2.51. The molecule has 22 heavy (non-hydrogen) atoms. The van der Waals surface area contributed by atoms with Crippen molar-refractivity contribution < 1.29 is 10.2 Å². The largest absolute Gasteiger partial charge is 0.378 e. The van der Waals surface area contributed by atoms with Crippen LogP contribution in [0.1, 0.15) is 46.1 Å². The average molecular weight is 296 g/mol. The van der Waals surface area contributed by atoms with Crippen LogP contribution < -0.4 is 0 Å². The molecule has 1 rings (SSSR count). The number of hydrogen-bond donors (Lipinski definition) is 2. The van der Waals surface area contributed by atoms with Crippen molar-refractivity contribution in [1.82, 2.24) is 0 Å². The zero-order valence-electron chi connectivity index (χ0n) is 13.8. The van der Waals surface area contributed by atoms with Gasteiger partial charge in [0.1, 0.15) is 11.2 Å². The lowest BCUT2D eigenvalue weighted by Gasteiger charge is -2.12. The van der Waals surface area contributed by atoms with Crippen LogP contribution in [0.5, 0.6) is 0 Å². The number of aliphatic hydroxyl groups is 2. The van der Waals surface area contributed by atoms with E-state index >= 15 is 0 Å². The Morgan fingerprint density at radius 2 is 1.41 bits per heavy atom. The van der Waals surface area contributed by atoms with Gasteiger partial charge in [-0.2, -0.15) is 0 Å². The Bertz CT molecular complexity index is 593. The first-order valence-corrected chi connectivity index (χ1v) is 7.56. The summed E-state index contributed by atoms with van der Waals surface area (Å²) in [5.74, 6) is 11.5. The van der Waals surface area contributed by atoms with Crippen LogP contribution in [0.3, 0.4) is 0 Å². The van der Waals surface area contributed by atoms with Crippen molar-refractivity contribution in [2.75, 3.05) is 0 Å². The van der Waals surface area contributed by atoms with E-state index in [0.29, 0.717) is 18.4 Å². The van der Waals surface area contributed by atoms with Crippen molar-refractivity contribution in [1.29, 1.82) is 0 Å². The minimum atomic E-state index is -1.04. The van der Waals surface area contributed by atoms with Gasteiger partial charge in [0, 0.05) is 0 Å². The van der Waals surface area contributed by atoms with E-state index < -0.39 is 11.2 Å². The Hall–Kier alpha value is -2.00. The fourth-order valence-corrected chi connectivity index (χ4v) is 1.40. The Kier molecular flexibility index (Phi) is 6.44. The maximum atomic E-state index is 10.0. The first-order chi connectivity index (χ1) is 10.3. The zero-order chi connectivity index (χ0) is 16.6. The van der Waals surface area contributed by atoms with E-state index in [1.165, 1.54) is 0 Å². The van der Waals surface area contributed by atoms with Crippen LogP contribution in [0.15, 0.2) is 35.9 Å². The van der Waals surface area contributed by atoms with Crippen molar-refractivity contribution in [2.24, 2.45) is 0 Å². The molecule has 0 aliphatic carbocycles. The molecule has 0 spiro atoms. The topological polar surface area (TPSA) is 40.5 Å². The second-order valence-corrected chi connectivity index (χ2v) is 5.72. The fourth-order valence-electron chi connectivity index (χ4n) is 1.40. The molecule has 0 aliphatic heterocycles. The third-order valence-electron chi connectivity index (χ3n) is 3.42. The van der Waals surface area contributed by atoms with Crippen LogP contribution in [0.2, 0.25) is 0 Å². The van der Waals surface area contributed by atoms with E-state index in [9.17, 15) is 10.2 Å². The number of allylic oxidation sites excluding steroid dienone is 1. The molecule has 0 saturated heterocycles. The third kappa shape index (κ3) is 6.64. The second kappa shape index (κ2) is 7.85. The normalized spacial score (nSPS) is 15.2. The molecule has 2 nitrogen and oxygen atoms in total. The summed E-state index contributed by atoms with van der Waals surface area (Å²) in [6, 6.07) is 9.74. The zero-order valence-corrected chi connectivity index (χ0v) is 13.8. The van der Waals surface area contributed by atoms with Gasteiger partial charge in [-0.1, -0.05) is 67.9 Å². The predicted molar refractivity (Wildman–Crippen MR) is 91.8 cm³/mol. The number of hydrogen-bond acceptors (Lipinski definition) is 2. The SMILES string of the molecule is CCC(C)(O)C#CC(C#CC(C)(O)CC)=Cc1ccccc1. The summed E-state index contributed by atoms with van der Waals surface area (Å²) in [6.07, 6.45) is 2.94. The van der Waals surface area contributed by atoms with Gasteiger partial charge in [0.25, 0.3) is 0 Å². The summed E-state index contributed by atoms with van der Waals surface area (Å²) in [4.78, 5) is 0. The van der Waals surface area contributed by atoms with E-state index in [1.54, 1.807) is 13.8 Å². The van der Waals surface area contributed by atoms with E-state index in [2.05, 4.69) is 23.7 Å². The van der Waals surface area contributed by atoms with Crippen LogP contribution in [-0.2, 0) is 0 Å². The Morgan fingerprint density at radius 1 is 0.955 bits per heavy atom. The monoisotopic (exact) mass is 296 g/mol. The van der Waals surface area contributed by atoms with Crippen molar-refractivity contribution >= 4 is 6.08 Å². The summed E-state index contributed by atoms with van der Waals surface area (Å²) in [5.41, 5.74) is -0.517. The molecular formula is C20H24O2. The summed E-state index contributed by atoms with van der Waals surface area (Å²) in [7, 11) is 0. The molecule has 0 bridgehead atoms. The van der Waals surface area contributed by atoms with Gasteiger partial charge in [0.05, 0.1) is 5.57 Å². The lowest BCUT2D eigenvalue weighted by atomic mass is 10.0. The Balaban J connectivity index is 3.20. The van der Waals surface area contributed by atoms with E-state index in [4.69, 9.17) is 0 Å². The van der Waals surface area contributed by atoms with Crippen molar-refractivity contribution in [3.8, 4) is 23.7 Å². The van der Waals surface area contributed by atoms with Crippen LogP contribution in [0, 0.1) is 23.7 Å². The maximum absolute atomic E-state index is 10.0. The maximum Gasteiger partial charge on any atom is 0.122 e. The molecule has 1 aromatic carbocycles. The molecule has 0 aromatic heterocycles. The molecule has 2 heteroatoms. The smallest absolute Gasteiger partial charge is 0.122 e. The Labute approximate surface area is 133 Å². The van der Waals surface area contributed by atoms with Gasteiger partial charge in [-0.05, 0) is 38.3 Å². The molecule has 0 radical (unpaired) electrons. The van der Waals surface area contributed by atoms with Gasteiger partial charge in [-0.15, -0.1) is 0 Å². The van der Waals surface area contributed by atoms with Gasteiger partial charge in [0.2, 0.25) is 0 Å². The van der Waals surface area contributed by atoms with Crippen molar-refractivity contribution in [3.63, 3.8) is 0 Å². The van der Waals surface area contributed by atoms with Gasteiger partial charge < -0.3 is 10.2 Å². The summed E-state index contributed by atoms with van der Waals surface area (Å²) >= 11 is 0. The molecule has 0 heterocycles. The first kappa shape index (κ1) is 18.1. The van der Waals surface area contributed by atoms with Gasteiger partial charge in [-0.25, -0.2) is 0 Å². The number of rotatable bonds is 3. The highest BCUT2D eigenvalue weighted by atomic mass is 16.3. The molecule has 0 saturated carbocycles. The van der Waals surface area contributed by atoms with Crippen molar-refractivity contribution in [2.45, 2.75) is 51.7 Å². The molecule has 2 unspecified atom stereocenters. The summed E-state index contributed by atoms with van der Waals surface area (Å²) in [6.45, 7) is 7.11.